The molecule has 0 saturated heterocycles. The molecule has 0 bridgehead atoms. The van der Waals surface area contributed by atoms with E-state index in [2.05, 4.69) is 62.3 Å². The lowest BCUT2D eigenvalue weighted by Gasteiger charge is -2.21. The maximum absolute atomic E-state index is 15.0. The third-order valence-electron chi connectivity index (χ3n) is 8.01. The van der Waals surface area contributed by atoms with Crippen LogP contribution in [0.25, 0.3) is 11.1 Å². The lowest BCUT2D eigenvalue weighted by atomic mass is 9.86. The molecule has 0 aromatic heterocycles. The molecule has 1 heterocycles. The van der Waals surface area contributed by atoms with E-state index in [1.165, 1.54) is 61.6 Å². The van der Waals surface area contributed by atoms with Crippen LogP contribution < -0.4 is 5.32 Å². The summed E-state index contributed by atoms with van der Waals surface area (Å²) < 4.78 is 15.0. The second kappa shape index (κ2) is 10.7. The fourth-order valence-electron chi connectivity index (χ4n) is 5.67. The van der Waals surface area contributed by atoms with Crippen molar-refractivity contribution in [2.45, 2.75) is 84.6 Å². The minimum absolute atomic E-state index is 0.107. The van der Waals surface area contributed by atoms with Crippen molar-refractivity contribution in [2.24, 2.45) is 11.8 Å². The van der Waals surface area contributed by atoms with E-state index >= 15 is 0 Å². The van der Waals surface area contributed by atoms with Gasteiger partial charge in [-0.15, -0.1) is 0 Å². The number of rotatable bonds is 7. The minimum Gasteiger partial charge on any atom is -0.387 e. The third-order valence-corrected chi connectivity index (χ3v) is 8.01. The SMILES string of the molecule is C=C(CC)c1cc(C)c(CC2NC=C(c3ccc(CC4CCCCCC4)cc3)C2C)c(F)c1. The summed E-state index contributed by atoms with van der Waals surface area (Å²) in [6, 6.07) is 13.2. The molecule has 2 aromatic carbocycles. The van der Waals surface area contributed by atoms with Crippen molar-refractivity contribution in [1.82, 2.24) is 5.32 Å². The standard InChI is InChI=1S/C31H40FN/c1-5-21(2)27-16-22(3)28(30(32)18-27)19-31-23(4)29(20-33-31)26-14-12-25(13-15-26)17-24-10-8-6-7-9-11-24/h12-16,18,20,23-24,31,33H,2,5-11,17,19H2,1,3-4H3. The molecule has 0 spiro atoms. The highest BCUT2D eigenvalue weighted by Crippen LogP contribution is 2.34. The maximum Gasteiger partial charge on any atom is 0.127 e. The molecule has 2 heteroatoms. The summed E-state index contributed by atoms with van der Waals surface area (Å²) in [6.07, 6.45) is 13.3. The van der Waals surface area contributed by atoms with Gasteiger partial charge in [0.25, 0.3) is 0 Å². The van der Waals surface area contributed by atoms with E-state index in [0.717, 1.165) is 34.6 Å². The summed E-state index contributed by atoms with van der Waals surface area (Å²) in [4.78, 5) is 0. The van der Waals surface area contributed by atoms with Gasteiger partial charge in [-0.25, -0.2) is 4.39 Å². The van der Waals surface area contributed by atoms with E-state index in [9.17, 15) is 4.39 Å². The Labute approximate surface area is 200 Å². The molecule has 33 heavy (non-hydrogen) atoms. The van der Waals surface area contributed by atoms with Gasteiger partial charge >= 0.3 is 0 Å². The Hall–Kier alpha value is -2.35. The van der Waals surface area contributed by atoms with Crippen LogP contribution >= 0.6 is 0 Å². The van der Waals surface area contributed by atoms with Crippen molar-refractivity contribution in [1.29, 1.82) is 0 Å². The van der Waals surface area contributed by atoms with Gasteiger partial charge in [0.05, 0.1) is 0 Å². The van der Waals surface area contributed by atoms with Crippen molar-refractivity contribution in [3.05, 3.63) is 82.8 Å². The highest BCUT2D eigenvalue weighted by Gasteiger charge is 2.28. The molecule has 2 atom stereocenters. The number of aryl methyl sites for hydroxylation is 1. The van der Waals surface area contributed by atoms with Crippen LogP contribution in [-0.4, -0.2) is 6.04 Å². The average Bonchev–Trinajstić information content (AvgIpc) is 2.99. The molecule has 4 rings (SSSR count). The molecule has 2 aliphatic rings. The monoisotopic (exact) mass is 445 g/mol. The largest absolute Gasteiger partial charge is 0.387 e. The Bertz CT molecular complexity index is 969. The van der Waals surface area contributed by atoms with Crippen molar-refractivity contribution in [2.75, 3.05) is 0 Å². The molecule has 1 N–H and O–H groups in total. The summed E-state index contributed by atoms with van der Waals surface area (Å²) in [5.74, 6) is 1.08. The van der Waals surface area contributed by atoms with Crippen LogP contribution in [0.2, 0.25) is 0 Å². The first-order chi connectivity index (χ1) is 16.0. The topological polar surface area (TPSA) is 12.0 Å². The fraction of sp³-hybridized carbons (Fsp3) is 0.484. The van der Waals surface area contributed by atoms with Crippen LogP contribution in [0, 0.1) is 24.6 Å². The first-order valence-corrected chi connectivity index (χ1v) is 13.0. The maximum atomic E-state index is 15.0. The summed E-state index contributed by atoms with van der Waals surface area (Å²) >= 11 is 0. The van der Waals surface area contributed by atoms with E-state index in [1.807, 2.05) is 6.92 Å². The second-order valence-corrected chi connectivity index (χ2v) is 10.3. The first kappa shape index (κ1) is 23.8. The molecule has 2 aromatic rings. The number of halogens is 1. The molecule has 0 radical (unpaired) electrons. The zero-order valence-electron chi connectivity index (χ0n) is 20.7. The minimum atomic E-state index is -0.107. The summed E-state index contributed by atoms with van der Waals surface area (Å²) in [5.41, 5.74) is 7.83. The molecule has 1 aliphatic heterocycles. The van der Waals surface area contributed by atoms with Gasteiger partial charge in [0.1, 0.15) is 5.82 Å². The zero-order valence-corrected chi connectivity index (χ0v) is 20.7. The highest BCUT2D eigenvalue weighted by atomic mass is 19.1. The Kier molecular flexibility index (Phi) is 7.73. The van der Waals surface area contributed by atoms with Crippen LogP contribution in [0.15, 0.2) is 49.2 Å². The van der Waals surface area contributed by atoms with E-state index in [4.69, 9.17) is 0 Å². The average molecular weight is 446 g/mol. The number of hydrogen-bond acceptors (Lipinski definition) is 1. The van der Waals surface area contributed by atoms with Gasteiger partial charge in [0.15, 0.2) is 0 Å². The Balaban J connectivity index is 1.40. The summed E-state index contributed by atoms with van der Waals surface area (Å²) in [7, 11) is 0. The highest BCUT2D eigenvalue weighted by molar-refractivity contribution is 5.70. The normalized spacial score (nSPS) is 21.4. The van der Waals surface area contributed by atoms with Gasteiger partial charge < -0.3 is 5.32 Å². The van der Waals surface area contributed by atoms with Crippen LogP contribution in [0.4, 0.5) is 4.39 Å². The van der Waals surface area contributed by atoms with Gasteiger partial charge in [-0.1, -0.05) is 89.3 Å². The Morgan fingerprint density at radius 1 is 1.03 bits per heavy atom. The lowest BCUT2D eigenvalue weighted by molar-refractivity contribution is 0.458. The van der Waals surface area contributed by atoms with Crippen LogP contribution in [-0.2, 0) is 12.8 Å². The number of allylic oxidation sites excluding steroid dienone is 1. The molecule has 1 fully saturated rings. The van der Waals surface area contributed by atoms with Crippen molar-refractivity contribution >= 4 is 11.1 Å². The second-order valence-electron chi connectivity index (χ2n) is 10.3. The van der Waals surface area contributed by atoms with E-state index in [1.54, 1.807) is 6.07 Å². The fourth-order valence-corrected chi connectivity index (χ4v) is 5.67. The first-order valence-electron chi connectivity index (χ1n) is 13.0. The van der Waals surface area contributed by atoms with Gasteiger partial charge in [0, 0.05) is 18.2 Å². The number of hydrogen-bond donors (Lipinski definition) is 1. The van der Waals surface area contributed by atoms with Gasteiger partial charge in [0.2, 0.25) is 0 Å². The molecule has 176 valence electrons. The molecule has 1 saturated carbocycles. The predicted octanol–water partition coefficient (Wildman–Crippen LogP) is 8.26. The molecule has 2 unspecified atom stereocenters. The van der Waals surface area contributed by atoms with Crippen molar-refractivity contribution < 1.29 is 4.39 Å². The van der Waals surface area contributed by atoms with Gasteiger partial charge in [-0.2, -0.15) is 0 Å². The van der Waals surface area contributed by atoms with E-state index < -0.39 is 0 Å². The Morgan fingerprint density at radius 3 is 2.36 bits per heavy atom. The quantitative estimate of drug-likeness (QED) is 0.423. The van der Waals surface area contributed by atoms with Crippen LogP contribution in [0.5, 0.6) is 0 Å². The number of nitrogens with one attached hydrogen (secondary N) is 1. The predicted molar refractivity (Wildman–Crippen MR) is 140 cm³/mol. The summed E-state index contributed by atoms with van der Waals surface area (Å²) in [6.45, 7) is 10.4. The van der Waals surface area contributed by atoms with Crippen LogP contribution in [0.3, 0.4) is 0 Å². The molecule has 1 aliphatic carbocycles. The zero-order chi connectivity index (χ0) is 23.4. The Morgan fingerprint density at radius 2 is 1.73 bits per heavy atom. The molecular weight excluding hydrogens is 405 g/mol. The molecular formula is C31H40FN. The van der Waals surface area contributed by atoms with Gasteiger partial charge in [-0.3, -0.25) is 0 Å². The van der Waals surface area contributed by atoms with E-state index in [-0.39, 0.29) is 11.9 Å². The lowest BCUT2D eigenvalue weighted by Crippen LogP contribution is -2.29. The summed E-state index contributed by atoms with van der Waals surface area (Å²) in [5, 5.41) is 3.55. The van der Waals surface area contributed by atoms with Crippen LogP contribution in [0.1, 0.15) is 86.6 Å². The number of benzene rings is 2. The van der Waals surface area contributed by atoms with Gasteiger partial charge in [-0.05, 0) is 77.1 Å². The third kappa shape index (κ3) is 5.60. The van der Waals surface area contributed by atoms with E-state index in [0.29, 0.717) is 12.3 Å². The molecule has 1 nitrogen and oxygen atoms in total. The van der Waals surface area contributed by atoms with Crippen molar-refractivity contribution in [3.63, 3.8) is 0 Å². The smallest absolute Gasteiger partial charge is 0.127 e. The van der Waals surface area contributed by atoms with Crippen molar-refractivity contribution in [3.8, 4) is 0 Å². The molecule has 0 amide bonds.